The number of aryl methyl sites for hydroxylation is 1. The maximum atomic E-state index is 13.2. The summed E-state index contributed by atoms with van der Waals surface area (Å²) in [7, 11) is 0. The molecule has 0 unspecified atom stereocenters. The molecular formula is C14H18FNO. The molecule has 1 aromatic carbocycles. The van der Waals surface area contributed by atoms with Gasteiger partial charge in [-0.2, -0.15) is 0 Å². The van der Waals surface area contributed by atoms with E-state index in [1.54, 1.807) is 13.0 Å². The first-order valence-corrected chi connectivity index (χ1v) is 6.08. The molecule has 0 aliphatic heterocycles. The van der Waals surface area contributed by atoms with E-state index >= 15 is 0 Å². The summed E-state index contributed by atoms with van der Waals surface area (Å²) in [6, 6.07) is 4.45. The van der Waals surface area contributed by atoms with Crippen LogP contribution in [-0.2, 0) is 0 Å². The zero-order valence-corrected chi connectivity index (χ0v) is 10.1. The number of hydrogen-bond donors (Lipinski definition) is 1. The number of nitrogens with two attached hydrogens (primary N) is 1. The number of carbonyl (C=O) groups excluding carboxylic acids is 1. The molecule has 0 aromatic heterocycles. The largest absolute Gasteiger partial charge is 0.325 e. The van der Waals surface area contributed by atoms with E-state index in [1.807, 2.05) is 0 Å². The third-order valence-electron chi connectivity index (χ3n) is 3.48. The summed E-state index contributed by atoms with van der Waals surface area (Å²) < 4.78 is 13.2. The molecule has 2 rings (SSSR count). The topological polar surface area (TPSA) is 43.1 Å². The summed E-state index contributed by atoms with van der Waals surface area (Å²) in [5.74, 6) is -0.400. The Balaban J connectivity index is 2.14. The Labute approximate surface area is 101 Å². The predicted molar refractivity (Wildman–Crippen MR) is 65.5 cm³/mol. The number of halogens is 1. The molecule has 2 N–H and O–H groups in total. The minimum atomic E-state index is -0.364. The van der Waals surface area contributed by atoms with E-state index in [0.29, 0.717) is 12.0 Å². The molecule has 1 fully saturated rings. The number of Topliss-reactive ketones (excluding diaryl/α,β-unsaturated/α-hetero) is 1. The minimum absolute atomic E-state index is 0.0444. The Kier molecular flexibility index (Phi) is 3.29. The van der Waals surface area contributed by atoms with Gasteiger partial charge < -0.3 is 5.73 Å². The zero-order chi connectivity index (χ0) is 12.5. The van der Waals surface area contributed by atoms with Crippen molar-refractivity contribution in [2.75, 3.05) is 0 Å². The molecule has 1 aliphatic rings. The Morgan fingerprint density at radius 1 is 1.35 bits per heavy atom. The summed E-state index contributed by atoms with van der Waals surface area (Å²) in [6.07, 6.45) is 4.30. The number of carbonyl (C=O) groups is 1. The number of hydrogen-bond acceptors (Lipinski definition) is 2. The van der Waals surface area contributed by atoms with Crippen molar-refractivity contribution in [2.45, 2.75) is 44.6 Å². The maximum Gasteiger partial charge on any atom is 0.164 e. The summed E-state index contributed by atoms with van der Waals surface area (Å²) in [5.41, 5.74) is 7.01. The second-order valence-corrected chi connectivity index (χ2v) is 5.19. The summed E-state index contributed by atoms with van der Waals surface area (Å²) in [5, 5.41) is 0. The van der Waals surface area contributed by atoms with E-state index in [2.05, 4.69) is 0 Å². The molecule has 17 heavy (non-hydrogen) atoms. The van der Waals surface area contributed by atoms with Gasteiger partial charge >= 0.3 is 0 Å². The Hall–Kier alpha value is -1.22. The van der Waals surface area contributed by atoms with E-state index < -0.39 is 0 Å². The van der Waals surface area contributed by atoms with Crippen LogP contribution in [-0.4, -0.2) is 11.3 Å². The molecule has 2 nitrogen and oxygen atoms in total. The lowest BCUT2D eigenvalue weighted by Gasteiger charge is -2.22. The second-order valence-electron chi connectivity index (χ2n) is 5.19. The molecule has 0 saturated heterocycles. The highest BCUT2D eigenvalue weighted by atomic mass is 19.1. The zero-order valence-electron chi connectivity index (χ0n) is 10.1. The smallest absolute Gasteiger partial charge is 0.164 e. The molecule has 0 radical (unpaired) electrons. The van der Waals surface area contributed by atoms with Gasteiger partial charge in [-0.1, -0.05) is 12.8 Å². The number of ketones is 1. The fourth-order valence-corrected chi connectivity index (χ4v) is 2.58. The molecule has 0 spiro atoms. The highest BCUT2D eigenvalue weighted by Crippen LogP contribution is 2.31. The van der Waals surface area contributed by atoms with Crippen LogP contribution in [0.4, 0.5) is 4.39 Å². The SMILES string of the molecule is Cc1cc(F)cc(C(=O)CC2(N)CCCC2)c1. The van der Waals surface area contributed by atoms with E-state index in [9.17, 15) is 9.18 Å². The Bertz CT molecular complexity index is 416. The lowest BCUT2D eigenvalue weighted by atomic mass is 9.89. The molecule has 3 heteroatoms. The van der Waals surface area contributed by atoms with Crippen LogP contribution in [0.25, 0.3) is 0 Å². The number of rotatable bonds is 3. The van der Waals surface area contributed by atoms with Crippen LogP contribution in [0, 0.1) is 12.7 Å². The molecule has 0 amide bonds. The molecule has 1 saturated carbocycles. The molecule has 1 aliphatic carbocycles. The highest BCUT2D eigenvalue weighted by Gasteiger charge is 2.31. The van der Waals surface area contributed by atoms with E-state index in [4.69, 9.17) is 5.73 Å². The molecule has 92 valence electrons. The van der Waals surface area contributed by atoms with Gasteiger partial charge in [-0.3, -0.25) is 4.79 Å². The molecule has 0 bridgehead atoms. The third kappa shape index (κ3) is 2.91. The quantitative estimate of drug-likeness (QED) is 0.818. The normalized spacial score (nSPS) is 18.3. The van der Waals surface area contributed by atoms with Crippen molar-refractivity contribution in [2.24, 2.45) is 5.73 Å². The lowest BCUT2D eigenvalue weighted by Crippen LogP contribution is -2.38. The van der Waals surface area contributed by atoms with Crippen molar-refractivity contribution in [1.29, 1.82) is 0 Å². The van der Waals surface area contributed by atoms with Crippen LogP contribution in [0.1, 0.15) is 48.0 Å². The van der Waals surface area contributed by atoms with Crippen molar-refractivity contribution in [3.63, 3.8) is 0 Å². The summed E-state index contributed by atoms with van der Waals surface area (Å²) >= 11 is 0. The van der Waals surface area contributed by atoms with Gasteiger partial charge in [0, 0.05) is 17.5 Å². The Morgan fingerprint density at radius 3 is 2.59 bits per heavy atom. The monoisotopic (exact) mass is 235 g/mol. The first kappa shape index (κ1) is 12.2. The summed E-state index contributed by atoms with van der Waals surface area (Å²) in [6.45, 7) is 1.79. The van der Waals surface area contributed by atoms with Crippen molar-refractivity contribution in [3.05, 3.63) is 35.1 Å². The Morgan fingerprint density at radius 2 is 2.00 bits per heavy atom. The van der Waals surface area contributed by atoms with Crippen molar-refractivity contribution in [3.8, 4) is 0 Å². The lowest BCUT2D eigenvalue weighted by molar-refractivity contribution is 0.0952. The van der Waals surface area contributed by atoms with Crippen LogP contribution >= 0.6 is 0 Å². The average Bonchev–Trinajstić information content (AvgIpc) is 2.63. The van der Waals surface area contributed by atoms with E-state index in [0.717, 1.165) is 31.2 Å². The fraction of sp³-hybridized carbons (Fsp3) is 0.500. The van der Waals surface area contributed by atoms with Crippen LogP contribution in [0.15, 0.2) is 18.2 Å². The van der Waals surface area contributed by atoms with Crippen molar-refractivity contribution >= 4 is 5.78 Å². The van der Waals surface area contributed by atoms with Gasteiger partial charge in [0.15, 0.2) is 5.78 Å². The van der Waals surface area contributed by atoms with Crippen LogP contribution < -0.4 is 5.73 Å². The van der Waals surface area contributed by atoms with Gasteiger partial charge in [0.25, 0.3) is 0 Å². The molecular weight excluding hydrogens is 217 g/mol. The van der Waals surface area contributed by atoms with Crippen LogP contribution in [0.3, 0.4) is 0 Å². The molecule has 0 atom stereocenters. The predicted octanol–water partition coefficient (Wildman–Crippen LogP) is 2.98. The van der Waals surface area contributed by atoms with Gasteiger partial charge in [0.05, 0.1) is 0 Å². The van der Waals surface area contributed by atoms with Gasteiger partial charge in [-0.05, 0) is 43.5 Å². The molecule has 1 aromatic rings. The highest BCUT2D eigenvalue weighted by molar-refractivity contribution is 5.97. The van der Waals surface area contributed by atoms with Gasteiger partial charge in [-0.15, -0.1) is 0 Å². The van der Waals surface area contributed by atoms with Gasteiger partial charge in [0.1, 0.15) is 5.82 Å². The second kappa shape index (κ2) is 4.57. The van der Waals surface area contributed by atoms with Crippen LogP contribution in [0.5, 0.6) is 0 Å². The fourth-order valence-electron chi connectivity index (χ4n) is 2.58. The first-order chi connectivity index (χ1) is 7.98. The summed E-state index contributed by atoms with van der Waals surface area (Å²) in [4.78, 5) is 12.1. The standard InChI is InChI=1S/C14H18FNO/c1-10-6-11(8-12(15)7-10)13(17)9-14(16)4-2-3-5-14/h6-8H,2-5,9,16H2,1H3. The van der Waals surface area contributed by atoms with Gasteiger partial charge in [0.2, 0.25) is 0 Å². The van der Waals surface area contributed by atoms with Crippen molar-refractivity contribution < 1.29 is 9.18 Å². The van der Waals surface area contributed by atoms with Crippen molar-refractivity contribution in [1.82, 2.24) is 0 Å². The van der Waals surface area contributed by atoms with E-state index in [-0.39, 0.29) is 17.1 Å². The first-order valence-electron chi connectivity index (χ1n) is 6.08. The molecule has 0 heterocycles. The number of benzene rings is 1. The third-order valence-corrected chi connectivity index (χ3v) is 3.48. The van der Waals surface area contributed by atoms with Crippen LogP contribution in [0.2, 0.25) is 0 Å². The minimum Gasteiger partial charge on any atom is -0.325 e. The van der Waals surface area contributed by atoms with E-state index in [1.165, 1.54) is 12.1 Å². The maximum absolute atomic E-state index is 13.2. The van der Waals surface area contributed by atoms with Gasteiger partial charge in [-0.25, -0.2) is 4.39 Å². The average molecular weight is 235 g/mol.